The molecule has 0 unspecified atom stereocenters. The summed E-state index contributed by atoms with van der Waals surface area (Å²) in [6.07, 6.45) is 3.91. The summed E-state index contributed by atoms with van der Waals surface area (Å²) < 4.78 is 12.8. The van der Waals surface area contributed by atoms with Crippen molar-refractivity contribution in [3.05, 3.63) is 52.8 Å². The first-order chi connectivity index (χ1) is 8.66. The van der Waals surface area contributed by atoms with Crippen molar-refractivity contribution in [2.75, 3.05) is 6.54 Å². The number of H-pyrrole nitrogens is 1. The average Bonchev–Trinajstić information content (AvgIpc) is 2.81. The molecule has 0 aliphatic rings. The number of carbonyl (C=O) groups excluding carboxylic acids is 1. The van der Waals surface area contributed by atoms with Crippen molar-refractivity contribution < 1.29 is 9.18 Å². The standard InChI is InChI=1S/C12H11ClFN3O/c13-11-5-8(14)1-2-10(11)12(18)16-4-3-9-6-15-7-17-9/h1-2,5-7H,3-4H2,(H,15,17)(H,16,18). The van der Waals surface area contributed by atoms with Crippen molar-refractivity contribution in [3.8, 4) is 0 Å². The van der Waals surface area contributed by atoms with Crippen LogP contribution in [-0.4, -0.2) is 22.4 Å². The maximum atomic E-state index is 12.8. The largest absolute Gasteiger partial charge is 0.352 e. The first-order valence-corrected chi connectivity index (χ1v) is 5.75. The van der Waals surface area contributed by atoms with E-state index in [0.717, 1.165) is 11.8 Å². The molecule has 0 spiro atoms. The second kappa shape index (κ2) is 5.64. The highest BCUT2D eigenvalue weighted by molar-refractivity contribution is 6.33. The van der Waals surface area contributed by atoms with Gasteiger partial charge in [0.2, 0.25) is 0 Å². The monoisotopic (exact) mass is 267 g/mol. The molecule has 0 bridgehead atoms. The summed E-state index contributed by atoms with van der Waals surface area (Å²) in [5.41, 5.74) is 1.20. The molecule has 1 aromatic heterocycles. The van der Waals surface area contributed by atoms with Crippen LogP contribution in [0.25, 0.3) is 0 Å². The third-order valence-electron chi connectivity index (χ3n) is 2.41. The minimum atomic E-state index is -0.464. The lowest BCUT2D eigenvalue weighted by Gasteiger charge is -2.06. The van der Waals surface area contributed by atoms with E-state index < -0.39 is 5.82 Å². The number of nitrogens with one attached hydrogen (secondary N) is 2. The zero-order valence-electron chi connectivity index (χ0n) is 9.41. The highest BCUT2D eigenvalue weighted by Crippen LogP contribution is 2.16. The third kappa shape index (κ3) is 3.07. The van der Waals surface area contributed by atoms with Gasteiger partial charge in [0.25, 0.3) is 5.91 Å². The topological polar surface area (TPSA) is 57.8 Å². The number of rotatable bonds is 4. The van der Waals surface area contributed by atoms with Crippen LogP contribution < -0.4 is 5.32 Å². The van der Waals surface area contributed by atoms with E-state index in [0.29, 0.717) is 13.0 Å². The van der Waals surface area contributed by atoms with Gasteiger partial charge in [0.1, 0.15) is 5.82 Å². The number of aromatic nitrogens is 2. The van der Waals surface area contributed by atoms with Gasteiger partial charge in [-0.1, -0.05) is 11.6 Å². The quantitative estimate of drug-likeness (QED) is 0.892. The van der Waals surface area contributed by atoms with E-state index in [-0.39, 0.29) is 16.5 Å². The van der Waals surface area contributed by atoms with E-state index in [9.17, 15) is 9.18 Å². The Kier molecular flexibility index (Phi) is 3.94. The molecule has 94 valence electrons. The highest BCUT2D eigenvalue weighted by Gasteiger charge is 2.10. The van der Waals surface area contributed by atoms with Crippen LogP contribution >= 0.6 is 11.6 Å². The molecule has 0 radical (unpaired) electrons. The van der Waals surface area contributed by atoms with Crippen LogP contribution in [0.1, 0.15) is 16.1 Å². The van der Waals surface area contributed by atoms with Gasteiger partial charge >= 0.3 is 0 Å². The van der Waals surface area contributed by atoms with Crippen LogP contribution in [0.5, 0.6) is 0 Å². The smallest absolute Gasteiger partial charge is 0.252 e. The third-order valence-corrected chi connectivity index (χ3v) is 2.72. The predicted octanol–water partition coefficient (Wildman–Crippen LogP) is 2.17. The van der Waals surface area contributed by atoms with Crippen LogP contribution in [0, 0.1) is 5.82 Å². The van der Waals surface area contributed by atoms with E-state index in [1.165, 1.54) is 12.1 Å². The average molecular weight is 268 g/mol. The second-order valence-electron chi connectivity index (χ2n) is 3.71. The molecule has 0 aliphatic heterocycles. The van der Waals surface area contributed by atoms with E-state index in [1.807, 2.05) is 0 Å². The van der Waals surface area contributed by atoms with Gasteiger partial charge in [0.05, 0.1) is 16.9 Å². The zero-order valence-corrected chi connectivity index (χ0v) is 10.2. The Labute approximate surface area is 108 Å². The van der Waals surface area contributed by atoms with Crippen LogP contribution in [0.2, 0.25) is 5.02 Å². The predicted molar refractivity (Wildman–Crippen MR) is 66.0 cm³/mol. The molecule has 18 heavy (non-hydrogen) atoms. The molecular weight excluding hydrogens is 257 g/mol. The molecule has 2 N–H and O–H groups in total. The first kappa shape index (κ1) is 12.6. The maximum Gasteiger partial charge on any atom is 0.252 e. The lowest BCUT2D eigenvalue weighted by Crippen LogP contribution is -2.26. The minimum Gasteiger partial charge on any atom is -0.352 e. The summed E-state index contributed by atoms with van der Waals surface area (Å²) in [5.74, 6) is -0.784. The van der Waals surface area contributed by atoms with Gasteiger partial charge in [-0.15, -0.1) is 0 Å². The Morgan fingerprint density at radius 2 is 2.33 bits per heavy atom. The normalized spacial score (nSPS) is 10.3. The van der Waals surface area contributed by atoms with Crippen LogP contribution in [-0.2, 0) is 6.42 Å². The van der Waals surface area contributed by atoms with Gasteiger partial charge in [0.15, 0.2) is 0 Å². The molecule has 1 amide bonds. The van der Waals surface area contributed by atoms with Crippen molar-refractivity contribution in [2.45, 2.75) is 6.42 Å². The Morgan fingerprint density at radius 3 is 3.00 bits per heavy atom. The number of amides is 1. The highest BCUT2D eigenvalue weighted by atomic mass is 35.5. The number of benzene rings is 1. The Morgan fingerprint density at radius 1 is 1.50 bits per heavy atom. The number of halogens is 2. The summed E-state index contributed by atoms with van der Waals surface area (Å²) in [6.45, 7) is 0.453. The summed E-state index contributed by atoms with van der Waals surface area (Å²) in [7, 11) is 0. The maximum absolute atomic E-state index is 12.8. The first-order valence-electron chi connectivity index (χ1n) is 5.37. The van der Waals surface area contributed by atoms with Crippen molar-refractivity contribution in [1.29, 1.82) is 0 Å². The molecule has 1 heterocycles. The number of aromatic amines is 1. The van der Waals surface area contributed by atoms with E-state index in [1.54, 1.807) is 12.5 Å². The van der Waals surface area contributed by atoms with Gasteiger partial charge in [-0.2, -0.15) is 0 Å². The molecule has 6 heteroatoms. The fourth-order valence-electron chi connectivity index (χ4n) is 1.50. The molecule has 2 aromatic rings. The van der Waals surface area contributed by atoms with Gasteiger partial charge in [-0.05, 0) is 18.2 Å². The molecule has 0 aliphatic carbocycles. The minimum absolute atomic E-state index is 0.106. The zero-order chi connectivity index (χ0) is 13.0. The molecule has 0 saturated carbocycles. The van der Waals surface area contributed by atoms with Crippen LogP contribution in [0.3, 0.4) is 0 Å². The van der Waals surface area contributed by atoms with Crippen molar-refractivity contribution >= 4 is 17.5 Å². The molecule has 1 aromatic carbocycles. The summed E-state index contributed by atoms with van der Waals surface area (Å²) in [5, 5.41) is 2.81. The summed E-state index contributed by atoms with van der Waals surface area (Å²) in [6, 6.07) is 3.68. The number of hydrogen-bond donors (Lipinski definition) is 2. The number of imidazole rings is 1. The van der Waals surface area contributed by atoms with E-state index in [2.05, 4.69) is 15.3 Å². The van der Waals surface area contributed by atoms with Crippen molar-refractivity contribution in [2.24, 2.45) is 0 Å². The van der Waals surface area contributed by atoms with E-state index in [4.69, 9.17) is 11.6 Å². The van der Waals surface area contributed by atoms with E-state index >= 15 is 0 Å². The van der Waals surface area contributed by atoms with Gasteiger partial charge < -0.3 is 10.3 Å². The lowest BCUT2D eigenvalue weighted by molar-refractivity contribution is 0.0954. The van der Waals surface area contributed by atoms with Crippen molar-refractivity contribution in [3.63, 3.8) is 0 Å². The molecule has 4 nitrogen and oxygen atoms in total. The van der Waals surface area contributed by atoms with Gasteiger partial charge in [-0.3, -0.25) is 4.79 Å². The number of nitrogens with zero attached hydrogens (tertiary/aromatic N) is 1. The molecule has 0 saturated heterocycles. The molecule has 0 fully saturated rings. The summed E-state index contributed by atoms with van der Waals surface area (Å²) in [4.78, 5) is 18.6. The van der Waals surface area contributed by atoms with Crippen molar-refractivity contribution in [1.82, 2.24) is 15.3 Å². The Hall–Kier alpha value is -1.88. The molecule has 2 rings (SSSR count). The van der Waals surface area contributed by atoms with Gasteiger partial charge in [0, 0.05) is 24.9 Å². The van der Waals surface area contributed by atoms with Crippen LogP contribution in [0.4, 0.5) is 4.39 Å². The molecular formula is C12H11ClFN3O. The fraction of sp³-hybridized carbons (Fsp3) is 0.167. The SMILES string of the molecule is O=C(NCCc1cnc[nH]1)c1ccc(F)cc1Cl. The lowest BCUT2D eigenvalue weighted by atomic mass is 10.2. The Balaban J connectivity index is 1.91. The fourth-order valence-corrected chi connectivity index (χ4v) is 1.75. The van der Waals surface area contributed by atoms with Gasteiger partial charge in [-0.25, -0.2) is 9.37 Å². The Bertz CT molecular complexity index is 542. The molecule has 0 atom stereocenters. The summed E-state index contributed by atoms with van der Waals surface area (Å²) >= 11 is 5.79. The van der Waals surface area contributed by atoms with Crippen LogP contribution in [0.15, 0.2) is 30.7 Å². The second-order valence-corrected chi connectivity index (χ2v) is 4.11. The number of carbonyl (C=O) groups is 1. The number of hydrogen-bond acceptors (Lipinski definition) is 2.